The van der Waals surface area contributed by atoms with Gasteiger partial charge >= 0.3 is 5.97 Å². The second kappa shape index (κ2) is 5.18. The maximum absolute atomic E-state index is 10.8. The predicted octanol–water partition coefficient (Wildman–Crippen LogP) is 2.40. The maximum atomic E-state index is 10.8. The Morgan fingerprint density at radius 1 is 1.60 bits per heavy atom. The first-order valence-electron chi connectivity index (χ1n) is 4.13. The molecule has 0 amide bonds. The Hall–Kier alpha value is -1.79. The largest absolute Gasteiger partial charge is 0.466 e. The van der Waals surface area contributed by atoms with Gasteiger partial charge in [-0.3, -0.25) is 0 Å². The molecule has 0 aliphatic heterocycles. The number of methoxy groups -OCH3 is 1. The van der Waals surface area contributed by atoms with Gasteiger partial charge in [-0.15, -0.1) is 0 Å². The fourth-order valence-corrected chi connectivity index (χ4v) is 1.20. The van der Waals surface area contributed by atoms with Crippen LogP contribution in [-0.4, -0.2) is 13.1 Å². The summed E-state index contributed by atoms with van der Waals surface area (Å²) in [4.78, 5) is 10.8. The van der Waals surface area contributed by atoms with Crippen LogP contribution in [0.4, 0.5) is 0 Å². The molecule has 0 unspecified atom stereocenters. The van der Waals surface area contributed by atoms with Crippen molar-refractivity contribution in [1.82, 2.24) is 0 Å². The molecule has 0 bridgehead atoms. The Kier molecular flexibility index (Phi) is 3.90. The fourth-order valence-electron chi connectivity index (χ4n) is 0.958. The number of hydrogen-bond donors (Lipinski definition) is 0. The second-order valence-electron chi connectivity index (χ2n) is 2.70. The minimum Gasteiger partial charge on any atom is -0.466 e. The molecular formula is C11H8ClNO2. The predicted molar refractivity (Wildman–Crippen MR) is 57.2 cm³/mol. The van der Waals surface area contributed by atoms with E-state index in [1.54, 1.807) is 18.2 Å². The van der Waals surface area contributed by atoms with Crippen molar-refractivity contribution < 1.29 is 9.53 Å². The van der Waals surface area contributed by atoms with E-state index in [0.717, 1.165) is 0 Å². The lowest BCUT2D eigenvalue weighted by atomic mass is 10.1. The van der Waals surface area contributed by atoms with Crippen LogP contribution < -0.4 is 0 Å². The van der Waals surface area contributed by atoms with Crippen molar-refractivity contribution in [2.45, 2.75) is 0 Å². The summed E-state index contributed by atoms with van der Waals surface area (Å²) in [7, 11) is 1.30. The van der Waals surface area contributed by atoms with Crippen molar-refractivity contribution >= 4 is 23.6 Å². The van der Waals surface area contributed by atoms with E-state index in [2.05, 4.69) is 4.74 Å². The van der Waals surface area contributed by atoms with E-state index in [9.17, 15) is 4.79 Å². The van der Waals surface area contributed by atoms with Gasteiger partial charge in [-0.05, 0) is 23.8 Å². The summed E-state index contributed by atoms with van der Waals surface area (Å²) < 4.78 is 4.44. The number of carbonyl (C=O) groups is 1. The molecule has 76 valence electrons. The Morgan fingerprint density at radius 3 is 2.87 bits per heavy atom. The highest BCUT2D eigenvalue weighted by molar-refractivity contribution is 6.32. The fraction of sp³-hybridized carbons (Fsp3) is 0.0909. The molecule has 0 saturated carbocycles. The number of carbonyl (C=O) groups excluding carboxylic acids is 1. The van der Waals surface area contributed by atoms with Crippen LogP contribution in [0.25, 0.3) is 6.08 Å². The molecular weight excluding hydrogens is 214 g/mol. The van der Waals surface area contributed by atoms with Gasteiger partial charge in [0.2, 0.25) is 0 Å². The van der Waals surface area contributed by atoms with Crippen LogP contribution >= 0.6 is 11.6 Å². The molecule has 15 heavy (non-hydrogen) atoms. The zero-order valence-electron chi connectivity index (χ0n) is 8.03. The molecule has 0 heterocycles. The molecule has 0 aromatic heterocycles. The normalized spacial score (nSPS) is 9.93. The van der Waals surface area contributed by atoms with Crippen LogP contribution in [0.15, 0.2) is 24.3 Å². The smallest absolute Gasteiger partial charge is 0.330 e. The van der Waals surface area contributed by atoms with E-state index in [-0.39, 0.29) is 0 Å². The van der Waals surface area contributed by atoms with Crippen LogP contribution in [0.2, 0.25) is 5.02 Å². The lowest BCUT2D eigenvalue weighted by molar-refractivity contribution is -0.134. The highest BCUT2D eigenvalue weighted by atomic mass is 35.5. The number of nitrogens with zero attached hydrogens (tertiary/aromatic N) is 1. The summed E-state index contributed by atoms with van der Waals surface area (Å²) >= 11 is 5.88. The SMILES string of the molecule is COC(=O)C=Cc1ccc(C#N)cc1Cl. The second-order valence-corrected chi connectivity index (χ2v) is 3.11. The van der Waals surface area contributed by atoms with Crippen LogP contribution in [0, 0.1) is 11.3 Å². The molecule has 0 radical (unpaired) electrons. The van der Waals surface area contributed by atoms with Crippen LogP contribution in [-0.2, 0) is 9.53 Å². The van der Waals surface area contributed by atoms with Crippen LogP contribution in [0.5, 0.6) is 0 Å². The zero-order valence-corrected chi connectivity index (χ0v) is 8.78. The van der Waals surface area contributed by atoms with Crippen molar-refractivity contribution in [2.24, 2.45) is 0 Å². The van der Waals surface area contributed by atoms with Crippen molar-refractivity contribution in [2.75, 3.05) is 7.11 Å². The summed E-state index contributed by atoms with van der Waals surface area (Å²) in [5.74, 6) is -0.449. The van der Waals surface area contributed by atoms with Gasteiger partial charge in [-0.2, -0.15) is 5.26 Å². The van der Waals surface area contributed by atoms with Gasteiger partial charge in [0, 0.05) is 11.1 Å². The molecule has 0 fully saturated rings. The first-order chi connectivity index (χ1) is 7.17. The minimum absolute atomic E-state index is 0.425. The first-order valence-corrected chi connectivity index (χ1v) is 4.51. The minimum atomic E-state index is -0.449. The summed E-state index contributed by atoms with van der Waals surface area (Å²) in [5, 5.41) is 9.03. The summed E-state index contributed by atoms with van der Waals surface area (Å²) in [6.45, 7) is 0. The molecule has 4 heteroatoms. The average molecular weight is 222 g/mol. The maximum Gasteiger partial charge on any atom is 0.330 e. The van der Waals surface area contributed by atoms with Gasteiger partial charge in [-0.25, -0.2) is 4.79 Å². The average Bonchev–Trinajstić information content (AvgIpc) is 2.26. The van der Waals surface area contributed by atoms with Crippen molar-refractivity contribution in [1.29, 1.82) is 5.26 Å². The monoisotopic (exact) mass is 221 g/mol. The molecule has 0 atom stereocenters. The molecule has 0 spiro atoms. The van der Waals surface area contributed by atoms with Gasteiger partial charge in [0.1, 0.15) is 0 Å². The molecule has 0 N–H and O–H groups in total. The Bertz CT molecular complexity index is 446. The van der Waals surface area contributed by atoms with E-state index in [0.29, 0.717) is 16.1 Å². The molecule has 3 nitrogen and oxygen atoms in total. The summed E-state index contributed by atoms with van der Waals surface area (Å²) in [6.07, 6.45) is 2.81. The zero-order chi connectivity index (χ0) is 11.3. The number of nitriles is 1. The standard InChI is InChI=1S/C11H8ClNO2/c1-15-11(14)5-4-9-3-2-8(7-13)6-10(9)12/h2-6H,1H3. The number of esters is 1. The highest BCUT2D eigenvalue weighted by Crippen LogP contribution is 2.18. The third-order valence-corrected chi connectivity index (χ3v) is 2.06. The van der Waals surface area contributed by atoms with Crippen molar-refractivity contribution in [3.05, 3.63) is 40.4 Å². The molecule has 0 aliphatic rings. The van der Waals surface area contributed by atoms with Gasteiger partial charge in [-0.1, -0.05) is 17.7 Å². The van der Waals surface area contributed by atoms with E-state index in [1.165, 1.54) is 19.3 Å². The van der Waals surface area contributed by atoms with Crippen molar-refractivity contribution in [3.8, 4) is 6.07 Å². The Morgan fingerprint density at radius 2 is 2.33 bits per heavy atom. The number of ether oxygens (including phenoxy) is 1. The molecule has 0 aliphatic carbocycles. The molecule has 1 aromatic carbocycles. The number of halogens is 1. The number of rotatable bonds is 2. The lowest BCUT2D eigenvalue weighted by Gasteiger charge is -1.97. The van der Waals surface area contributed by atoms with Crippen LogP contribution in [0.1, 0.15) is 11.1 Å². The van der Waals surface area contributed by atoms with Gasteiger partial charge < -0.3 is 4.74 Å². The molecule has 0 saturated heterocycles. The molecule has 1 aromatic rings. The number of benzene rings is 1. The third kappa shape index (κ3) is 3.12. The molecule has 1 rings (SSSR count). The lowest BCUT2D eigenvalue weighted by Crippen LogP contribution is -1.93. The van der Waals surface area contributed by atoms with E-state index < -0.39 is 5.97 Å². The Balaban J connectivity index is 2.93. The van der Waals surface area contributed by atoms with Gasteiger partial charge in [0.25, 0.3) is 0 Å². The quantitative estimate of drug-likeness (QED) is 0.569. The Labute approximate surface area is 92.5 Å². The number of hydrogen-bond acceptors (Lipinski definition) is 3. The van der Waals surface area contributed by atoms with E-state index >= 15 is 0 Å². The first kappa shape index (κ1) is 11.3. The highest BCUT2D eigenvalue weighted by Gasteiger charge is 1.99. The summed E-state index contributed by atoms with van der Waals surface area (Å²) in [6, 6.07) is 6.81. The van der Waals surface area contributed by atoms with Crippen LogP contribution in [0.3, 0.4) is 0 Å². The third-order valence-electron chi connectivity index (χ3n) is 1.73. The van der Waals surface area contributed by atoms with Crippen molar-refractivity contribution in [3.63, 3.8) is 0 Å². The summed E-state index contributed by atoms with van der Waals surface area (Å²) in [5.41, 5.74) is 1.15. The van der Waals surface area contributed by atoms with Gasteiger partial charge in [0.15, 0.2) is 0 Å². The topological polar surface area (TPSA) is 50.1 Å². The van der Waals surface area contributed by atoms with E-state index in [4.69, 9.17) is 16.9 Å². The van der Waals surface area contributed by atoms with Gasteiger partial charge in [0.05, 0.1) is 18.7 Å². The van der Waals surface area contributed by atoms with E-state index in [1.807, 2.05) is 6.07 Å².